The van der Waals surface area contributed by atoms with Crippen molar-refractivity contribution >= 4 is 5.97 Å². The lowest BCUT2D eigenvalue weighted by atomic mass is 9.94. The number of hydrogen-bond donors (Lipinski definition) is 1. The highest BCUT2D eigenvalue weighted by molar-refractivity contribution is 5.69. The Labute approximate surface area is 115 Å². The molecule has 3 nitrogen and oxygen atoms in total. The number of carboxylic acids is 1. The molecular formula is C14H18F3NO2. The minimum absolute atomic E-state index is 0.00792. The lowest BCUT2D eigenvalue weighted by Gasteiger charge is -2.18. The molecule has 0 saturated carbocycles. The summed E-state index contributed by atoms with van der Waals surface area (Å²) in [5.41, 5.74) is 0.706. The van der Waals surface area contributed by atoms with Crippen LogP contribution >= 0.6 is 0 Å². The first-order valence-corrected chi connectivity index (χ1v) is 6.75. The average molecular weight is 289 g/mol. The van der Waals surface area contributed by atoms with Crippen LogP contribution in [0.2, 0.25) is 0 Å². The van der Waals surface area contributed by atoms with Gasteiger partial charge in [0.25, 0.3) is 0 Å². The summed E-state index contributed by atoms with van der Waals surface area (Å²) in [4.78, 5) is 12.4. The van der Waals surface area contributed by atoms with Crippen molar-refractivity contribution in [2.45, 2.75) is 25.4 Å². The van der Waals surface area contributed by atoms with Gasteiger partial charge in [0.15, 0.2) is 0 Å². The summed E-state index contributed by atoms with van der Waals surface area (Å²) in [7, 11) is 0. The summed E-state index contributed by atoms with van der Waals surface area (Å²) in [6, 6.07) is 0. The Morgan fingerprint density at radius 1 is 1.40 bits per heavy atom. The van der Waals surface area contributed by atoms with E-state index in [4.69, 9.17) is 5.11 Å². The Hall–Kier alpha value is -1.30. The van der Waals surface area contributed by atoms with Crippen LogP contribution in [0.1, 0.15) is 19.3 Å². The summed E-state index contributed by atoms with van der Waals surface area (Å²) in [6.07, 6.45) is 1.94. The number of nitrogens with zero attached hydrogens (tertiary/aromatic N) is 1. The second kappa shape index (κ2) is 5.99. The fourth-order valence-electron chi connectivity index (χ4n) is 2.84. The molecule has 0 aromatic rings. The fraction of sp³-hybridized carbons (Fsp3) is 0.643. The lowest BCUT2D eigenvalue weighted by Crippen LogP contribution is -2.27. The minimum Gasteiger partial charge on any atom is -0.480 e. The molecule has 20 heavy (non-hydrogen) atoms. The Morgan fingerprint density at radius 3 is 2.80 bits per heavy atom. The van der Waals surface area contributed by atoms with E-state index in [9.17, 15) is 18.0 Å². The summed E-state index contributed by atoms with van der Waals surface area (Å²) in [6.45, 7) is 1.10. The molecule has 1 N–H and O–H groups in total. The van der Waals surface area contributed by atoms with E-state index in [1.54, 1.807) is 17.1 Å². The zero-order chi connectivity index (χ0) is 14.8. The fourth-order valence-corrected chi connectivity index (χ4v) is 2.84. The summed E-state index contributed by atoms with van der Waals surface area (Å²) in [5, 5.41) is 8.75. The van der Waals surface area contributed by atoms with E-state index in [0.717, 1.165) is 0 Å². The predicted octanol–water partition coefficient (Wildman–Crippen LogP) is 2.85. The third-order valence-corrected chi connectivity index (χ3v) is 3.87. The molecule has 0 aromatic carbocycles. The number of halogens is 3. The highest BCUT2D eigenvalue weighted by Gasteiger charge is 2.39. The van der Waals surface area contributed by atoms with Crippen LogP contribution in [-0.2, 0) is 4.79 Å². The van der Waals surface area contributed by atoms with E-state index in [1.165, 1.54) is 6.08 Å². The van der Waals surface area contributed by atoms with Crippen molar-refractivity contribution < 1.29 is 23.1 Å². The number of aliphatic carboxylic acids is 1. The first-order valence-electron chi connectivity index (χ1n) is 6.75. The lowest BCUT2D eigenvalue weighted by molar-refractivity contribution is -0.162. The molecule has 2 rings (SSSR count). The third kappa shape index (κ3) is 3.85. The van der Waals surface area contributed by atoms with Gasteiger partial charge in [0.2, 0.25) is 0 Å². The van der Waals surface area contributed by atoms with Gasteiger partial charge in [-0.15, -0.1) is 0 Å². The molecule has 0 radical (unpaired) electrons. The monoisotopic (exact) mass is 289 g/mol. The molecule has 1 saturated heterocycles. The van der Waals surface area contributed by atoms with E-state index in [1.807, 2.05) is 0 Å². The minimum atomic E-state index is -4.20. The smallest absolute Gasteiger partial charge is 0.395 e. The van der Waals surface area contributed by atoms with E-state index in [2.05, 4.69) is 0 Å². The Balaban J connectivity index is 2.06. The van der Waals surface area contributed by atoms with Gasteiger partial charge in [-0.3, -0.25) is 9.69 Å². The van der Waals surface area contributed by atoms with Crippen molar-refractivity contribution in [3.8, 4) is 0 Å². The van der Waals surface area contributed by atoms with Crippen LogP contribution in [0.3, 0.4) is 0 Å². The second-order valence-electron chi connectivity index (χ2n) is 5.41. The summed E-state index contributed by atoms with van der Waals surface area (Å²) in [5.74, 6) is -2.28. The summed E-state index contributed by atoms with van der Waals surface area (Å²) < 4.78 is 38.6. The van der Waals surface area contributed by atoms with Crippen LogP contribution < -0.4 is 0 Å². The number of likely N-dealkylation sites (tertiary alicyclic amines) is 1. The van der Waals surface area contributed by atoms with Crippen LogP contribution in [0.15, 0.2) is 23.8 Å². The van der Waals surface area contributed by atoms with Crippen LogP contribution in [-0.4, -0.2) is 41.8 Å². The van der Waals surface area contributed by atoms with Crippen molar-refractivity contribution in [3.63, 3.8) is 0 Å². The predicted molar refractivity (Wildman–Crippen MR) is 68.2 cm³/mol. The Bertz CT molecular complexity index is 429. The molecular weight excluding hydrogens is 271 g/mol. The van der Waals surface area contributed by atoms with E-state index in [0.29, 0.717) is 31.5 Å². The molecule has 2 aliphatic rings. The summed E-state index contributed by atoms with van der Waals surface area (Å²) >= 11 is 0. The molecule has 0 amide bonds. The average Bonchev–Trinajstić information content (AvgIpc) is 2.62. The molecule has 0 spiro atoms. The number of carbonyl (C=O) groups is 1. The van der Waals surface area contributed by atoms with Crippen LogP contribution in [0.25, 0.3) is 0 Å². The van der Waals surface area contributed by atoms with Crippen molar-refractivity contribution in [3.05, 3.63) is 23.8 Å². The quantitative estimate of drug-likeness (QED) is 0.868. The number of carboxylic acid groups (broad SMARTS) is 1. The maximum absolute atomic E-state index is 12.9. The van der Waals surface area contributed by atoms with Crippen molar-refractivity contribution in [2.75, 3.05) is 19.6 Å². The van der Waals surface area contributed by atoms with E-state index < -0.39 is 18.1 Å². The van der Waals surface area contributed by atoms with E-state index >= 15 is 0 Å². The molecule has 1 heterocycles. The van der Waals surface area contributed by atoms with Gasteiger partial charge in [0.1, 0.15) is 0 Å². The van der Waals surface area contributed by atoms with Crippen molar-refractivity contribution in [2.24, 2.45) is 11.8 Å². The molecule has 1 fully saturated rings. The number of rotatable bonds is 3. The van der Waals surface area contributed by atoms with Gasteiger partial charge in [-0.05, 0) is 37.3 Å². The molecule has 1 aliphatic heterocycles. The van der Waals surface area contributed by atoms with Gasteiger partial charge in [-0.2, -0.15) is 13.2 Å². The number of hydrogen-bond acceptors (Lipinski definition) is 2. The van der Waals surface area contributed by atoms with Crippen molar-refractivity contribution in [1.82, 2.24) is 4.90 Å². The Kier molecular flexibility index (Phi) is 4.52. The molecule has 0 aromatic heterocycles. The molecule has 6 heteroatoms. The van der Waals surface area contributed by atoms with Gasteiger partial charge in [0, 0.05) is 6.54 Å². The third-order valence-electron chi connectivity index (χ3n) is 3.87. The maximum Gasteiger partial charge on any atom is 0.395 e. The largest absolute Gasteiger partial charge is 0.480 e. The zero-order valence-electron chi connectivity index (χ0n) is 11.1. The van der Waals surface area contributed by atoms with Gasteiger partial charge >= 0.3 is 12.1 Å². The van der Waals surface area contributed by atoms with Crippen LogP contribution in [0.5, 0.6) is 0 Å². The van der Waals surface area contributed by atoms with E-state index in [-0.39, 0.29) is 18.9 Å². The maximum atomic E-state index is 12.9. The number of allylic oxidation sites excluding steroid dienone is 3. The molecule has 1 aliphatic carbocycles. The Morgan fingerprint density at radius 2 is 2.15 bits per heavy atom. The standard InChI is InChI=1S/C14H18F3NO2/c15-14(16,17)12-4-2-1-3-10(7-12)11-5-6-18(8-11)9-13(19)20/h1,3,7,11-12H,2,4-6,8-9H2,(H,19,20). The molecule has 112 valence electrons. The second-order valence-corrected chi connectivity index (χ2v) is 5.41. The SMILES string of the molecule is O=C(O)CN1CCC(C2=CC(C(F)(F)F)CCC=C2)C1. The first kappa shape index (κ1) is 15.1. The van der Waals surface area contributed by atoms with Gasteiger partial charge < -0.3 is 5.11 Å². The highest BCUT2D eigenvalue weighted by atomic mass is 19.4. The van der Waals surface area contributed by atoms with Crippen LogP contribution in [0, 0.1) is 11.8 Å². The zero-order valence-corrected chi connectivity index (χ0v) is 11.1. The van der Waals surface area contributed by atoms with Crippen LogP contribution in [0.4, 0.5) is 13.2 Å². The van der Waals surface area contributed by atoms with Crippen molar-refractivity contribution in [1.29, 1.82) is 0 Å². The topological polar surface area (TPSA) is 40.5 Å². The molecule has 2 atom stereocenters. The normalized spacial score (nSPS) is 28.2. The van der Waals surface area contributed by atoms with Gasteiger partial charge in [-0.25, -0.2) is 0 Å². The molecule has 2 unspecified atom stereocenters. The van der Waals surface area contributed by atoms with Gasteiger partial charge in [0.05, 0.1) is 12.5 Å². The van der Waals surface area contributed by atoms with Gasteiger partial charge in [-0.1, -0.05) is 18.2 Å². The molecule has 0 bridgehead atoms. The first-order chi connectivity index (χ1) is 9.36. The highest BCUT2D eigenvalue weighted by Crippen LogP contribution is 2.36. The number of alkyl halides is 3.